The lowest BCUT2D eigenvalue weighted by atomic mass is 9.90. The summed E-state index contributed by atoms with van der Waals surface area (Å²) in [5.41, 5.74) is 0. The molecular weight excluding hydrogens is 132 g/mol. The predicted octanol–water partition coefficient (Wildman–Crippen LogP) is 0.511. The Balaban J connectivity index is 1.94. The maximum absolute atomic E-state index is 10.4. The number of ether oxygens (including phenoxy) is 1. The maximum atomic E-state index is 10.4. The van der Waals surface area contributed by atoms with Crippen molar-refractivity contribution in [2.24, 2.45) is 5.92 Å². The molecule has 1 saturated heterocycles. The Morgan fingerprint density at radius 2 is 2.10 bits per heavy atom. The topological polar surface area (TPSA) is 49.5 Å². The first-order valence-corrected chi connectivity index (χ1v) is 3.63. The summed E-state index contributed by atoms with van der Waals surface area (Å²) in [7, 11) is 0. The Morgan fingerprint density at radius 3 is 2.70 bits per heavy atom. The van der Waals surface area contributed by atoms with Crippen LogP contribution in [0, 0.1) is 5.92 Å². The Bertz CT molecular complexity index is 166. The quantitative estimate of drug-likeness (QED) is 0.499. The van der Waals surface area contributed by atoms with Gasteiger partial charge in [-0.1, -0.05) is 0 Å². The van der Waals surface area contributed by atoms with Gasteiger partial charge in [-0.15, -0.1) is 0 Å². The Morgan fingerprint density at radius 1 is 1.30 bits per heavy atom. The molecule has 1 saturated carbocycles. The van der Waals surface area contributed by atoms with E-state index in [1.807, 2.05) is 0 Å². The van der Waals surface area contributed by atoms with E-state index >= 15 is 0 Å². The molecule has 0 aromatic carbocycles. The van der Waals surface area contributed by atoms with Crippen molar-refractivity contribution < 1.29 is 14.6 Å². The van der Waals surface area contributed by atoms with Crippen LogP contribution in [0.1, 0.15) is 19.3 Å². The minimum atomic E-state index is -0.908. The van der Waals surface area contributed by atoms with Gasteiger partial charge in [-0.2, -0.15) is 0 Å². The fraction of sp³-hybridized carbons (Fsp3) is 0.857. The first kappa shape index (κ1) is 6.16. The minimum absolute atomic E-state index is 0.247. The fourth-order valence-electron chi connectivity index (χ4n) is 1.62. The van der Waals surface area contributed by atoms with E-state index in [0.717, 1.165) is 12.8 Å². The monoisotopic (exact) mass is 141 g/mol. The number of hydrogen-bond acceptors (Lipinski definition) is 2. The van der Waals surface area contributed by atoms with Gasteiger partial charge in [0.2, 0.25) is 0 Å². The lowest BCUT2D eigenvalue weighted by Gasteiger charge is -2.11. The number of epoxide rings is 1. The summed E-state index contributed by atoms with van der Waals surface area (Å²) in [5, 5.41) is 10.4. The molecular formula is C7H9O3. The van der Waals surface area contributed by atoms with E-state index < -0.39 is 5.97 Å². The van der Waals surface area contributed by atoms with E-state index in [-0.39, 0.29) is 12.0 Å². The average Bonchev–Trinajstić information content (AvgIpc) is 2.63. The molecule has 2 fully saturated rings. The molecule has 0 N–H and O–H groups in total. The summed E-state index contributed by atoms with van der Waals surface area (Å²) in [4.78, 5) is 10.4. The largest absolute Gasteiger partial charge is 0.370 e. The van der Waals surface area contributed by atoms with Crippen molar-refractivity contribution in [2.45, 2.75) is 31.5 Å². The normalized spacial score (nSPS) is 44.2. The first-order chi connectivity index (χ1) is 4.77. The molecule has 1 heterocycles. The van der Waals surface area contributed by atoms with Crippen LogP contribution in [0.15, 0.2) is 0 Å². The highest BCUT2D eigenvalue weighted by atomic mass is 16.6. The van der Waals surface area contributed by atoms with Crippen molar-refractivity contribution in [3.63, 3.8) is 0 Å². The molecule has 55 valence electrons. The molecule has 0 amide bonds. The summed E-state index contributed by atoms with van der Waals surface area (Å²) in [6, 6.07) is 0. The number of carbonyl (C=O) groups excluding carboxylic acids is 1. The van der Waals surface area contributed by atoms with Crippen molar-refractivity contribution in [1.29, 1.82) is 0 Å². The predicted molar refractivity (Wildman–Crippen MR) is 31.7 cm³/mol. The van der Waals surface area contributed by atoms with E-state index in [4.69, 9.17) is 4.74 Å². The van der Waals surface area contributed by atoms with Gasteiger partial charge < -0.3 is 4.74 Å². The van der Waals surface area contributed by atoms with E-state index in [9.17, 15) is 9.90 Å². The zero-order valence-corrected chi connectivity index (χ0v) is 5.58. The molecule has 2 rings (SSSR count). The number of hydrogen-bond donors (Lipinski definition) is 0. The zero-order valence-electron chi connectivity index (χ0n) is 5.58. The van der Waals surface area contributed by atoms with Crippen LogP contribution in [0.3, 0.4) is 0 Å². The van der Waals surface area contributed by atoms with Crippen molar-refractivity contribution >= 4 is 5.97 Å². The van der Waals surface area contributed by atoms with Gasteiger partial charge >= 0.3 is 5.97 Å². The van der Waals surface area contributed by atoms with Crippen molar-refractivity contribution in [2.75, 3.05) is 0 Å². The van der Waals surface area contributed by atoms with Crippen LogP contribution in [0.2, 0.25) is 0 Å². The number of fused-ring (bicyclic) bond motifs is 1. The summed E-state index contributed by atoms with van der Waals surface area (Å²) >= 11 is 0. The van der Waals surface area contributed by atoms with E-state index in [2.05, 4.69) is 0 Å². The third kappa shape index (κ3) is 0.904. The van der Waals surface area contributed by atoms with Gasteiger partial charge in [0.1, 0.15) is 0 Å². The smallest absolute Gasteiger partial charge is 0.358 e. The lowest BCUT2D eigenvalue weighted by molar-refractivity contribution is -0.148. The van der Waals surface area contributed by atoms with Crippen LogP contribution in [0.25, 0.3) is 0 Å². The van der Waals surface area contributed by atoms with Crippen LogP contribution >= 0.6 is 0 Å². The van der Waals surface area contributed by atoms with Gasteiger partial charge in [-0.3, -0.25) is 0 Å². The SMILES string of the molecule is [O]C(=O)C1CCC2OC2C1. The maximum Gasteiger partial charge on any atom is 0.358 e. The average molecular weight is 141 g/mol. The Labute approximate surface area is 59.0 Å². The van der Waals surface area contributed by atoms with Crippen LogP contribution in [-0.2, 0) is 14.6 Å². The molecule has 3 nitrogen and oxygen atoms in total. The van der Waals surface area contributed by atoms with Gasteiger partial charge in [0, 0.05) is 0 Å². The van der Waals surface area contributed by atoms with Crippen molar-refractivity contribution in [1.82, 2.24) is 0 Å². The Hall–Kier alpha value is -0.570. The molecule has 0 bridgehead atoms. The first-order valence-electron chi connectivity index (χ1n) is 3.63. The third-order valence-electron chi connectivity index (χ3n) is 2.34. The van der Waals surface area contributed by atoms with E-state index in [1.165, 1.54) is 0 Å². The molecule has 1 radical (unpaired) electrons. The van der Waals surface area contributed by atoms with Gasteiger partial charge in [0.05, 0.1) is 18.1 Å². The van der Waals surface area contributed by atoms with Crippen molar-refractivity contribution in [3.05, 3.63) is 0 Å². The molecule has 3 unspecified atom stereocenters. The molecule has 1 aliphatic heterocycles. The second kappa shape index (κ2) is 1.95. The van der Waals surface area contributed by atoms with Crippen LogP contribution in [0.4, 0.5) is 0 Å². The molecule has 1 aliphatic carbocycles. The molecule has 0 aromatic heterocycles. The number of rotatable bonds is 1. The second-order valence-corrected chi connectivity index (χ2v) is 3.04. The highest BCUT2D eigenvalue weighted by molar-refractivity contribution is 5.69. The van der Waals surface area contributed by atoms with Crippen LogP contribution in [0.5, 0.6) is 0 Å². The fourth-order valence-corrected chi connectivity index (χ4v) is 1.62. The highest BCUT2D eigenvalue weighted by Gasteiger charge is 2.46. The molecule has 0 spiro atoms. The number of carbonyl (C=O) groups is 1. The molecule has 2 aliphatic rings. The van der Waals surface area contributed by atoms with E-state index in [1.54, 1.807) is 0 Å². The van der Waals surface area contributed by atoms with E-state index in [0.29, 0.717) is 12.5 Å². The second-order valence-electron chi connectivity index (χ2n) is 3.04. The Kier molecular flexibility index (Phi) is 1.20. The lowest BCUT2D eigenvalue weighted by Crippen LogP contribution is -2.20. The van der Waals surface area contributed by atoms with Gasteiger partial charge in [-0.25, -0.2) is 9.90 Å². The van der Waals surface area contributed by atoms with Gasteiger partial charge in [0.15, 0.2) is 0 Å². The highest BCUT2D eigenvalue weighted by Crippen LogP contribution is 2.39. The summed E-state index contributed by atoms with van der Waals surface area (Å²) in [6.45, 7) is 0. The summed E-state index contributed by atoms with van der Waals surface area (Å²) < 4.78 is 5.17. The standard InChI is InChI=1S/C7H9O3/c8-7(9)4-1-2-5-6(3-4)10-5/h4-6H,1-3H2. The van der Waals surface area contributed by atoms with Crippen molar-refractivity contribution in [3.8, 4) is 0 Å². The molecule has 10 heavy (non-hydrogen) atoms. The summed E-state index contributed by atoms with van der Waals surface area (Å²) in [6.07, 6.45) is 2.95. The molecule has 3 atom stereocenters. The zero-order chi connectivity index (χ0) is 7.14. The molecule has 3 heteroatoms. The van der Waals surface area contributed by atoms with Crippen LogP contribution < -0.4 is 0 Å². The van der Waals surface area contributed by atoms with Crippen LogP contribution in [-0.4, -0.2) is 18.2 Å². The van der Waals surface area contributed by atoms with Gasteiger partial charge in [-0.05, 0) is 19.3 Å². The third-order valence-corrected chi connectivity index (χ3v) is 2.34. The minimum Gasteiger partial charge on any atom is -0.370 e. The molecule has 0 aromatic rings. The summed E-state index contributed by atoms with van der Waals surface area (Å²) in [5.74, 6) is -1.15. The van der Waals surface area contributed by atoms with Gasteiger partial charge in [0.25, 0.3) is 0 Å².